The normalized spacial score (nSPS) is 14.5. The quantitative estimate of drug-likeness (QED) is 0.232. The van der Waals surface area contributed by atoms with Crippen LogP contribution in [0.15, 0.2) is 17.1 Å². The Morgan fingerprint density at radius 2 is 1.80 bits per heavy atom. The zero-order valence-electron chi connectivity index (χ0n) is 10.6. The average molecular weight is 377 g/mol. The largest absolute Gasteiger partial charge is 1.00 e. The molecule has 1 nitrogen and oxygen atoms in total. The molecule has 1 aliphatic carbocycles. The first-order chi connectivity index (χ1) is 9.20. The van der Waals surface area contributed by atoms with Crippen molar-refractivity contribution in [3.8, 4) is 11.8 Å². The van der Waals surface area contributed by atoms with Crippen molar-refractivity contribution in [2.24, 2.45) is 10.9 Å². The number of benzene rings is 1. The minimum absolute atomic E-state index is 0. The van der Waals surface area contributed by atoms with Gasteiger partial charge < -0.3 is 6.42 Å². The van der Waals surface area contributed by atoms with Gasteiger partial charge in [0.25, 0.3) is 0 Å². The zero-order chi connectivity index (χ0) is 13.7. The molecule has 1 aromatic rings. The first-order valence-electron chi connectivity index (χ1n) is 6.11. The molecule has 1 aromatic carbocycles. The number of hydrogen-bond donors (Lipinski definition) is 0. The second-order valence-electron chi connectivity index (χ2n) is 4.40. The molecule has 5 heteroatoms. The molecule has 0 atom stereocenters. The number of hydrogen-bond acceptors (Lipinski definition) is 2. The Bertz CT molecular complexity index is 556. The molecule has 1 fully saturated rings. The smallest absolute Gasteiger partial charge is 0.328 e. The van der Waals surface area contributed by atoms with E-state index in [4.69, 9.17) is 0 Å². The molecule has 0 spiro atoms. The molecule has 0 aliphatic heterocycles. The molecule has 0 unspecified atom stereocenters. The second kappa shape index (κ2) is 8.37. The number of rotatable bonds is 1. The summed E-state index contributed by atoms with van der Waals surface area (Å²) in [5, 5.41) is 2.08. The minimum atomic E-state index is -0.709. The molecule has 0 N–H and O–H groups in total. The molecule has 20 heavy (non-hydrogen) atoms. The molecule has 0 saturated heterocycles. The van der Waals surface area contributed by atoms with E-state index in [1.54, 1.807) is 0 Å². The molecular weight excluding hydrogens is 365 g/mol. The SMILES string of the molecule is Fc1cc(N=C=S)cc(F)c1C#CC1CC[CH-]CC1.[Ru+]. The maximum Gasteiger partial charge on any atom is 1.00 e. The van der Waals surface area contributed by atoms with Gasteiger partial charge >= 0.3 is 19.5 Å². The Morgan fingerprint density at radius 3 is 2.35 bits per heavy atom. The Morgan fingerprint density at radius 1 is 1.20 bits per heavy atom. The number of nitrogens with zero attached hydrogens (tertiary/aromatic N) is 1. The van der Waals surface area contributed by atoms with Crippen LogP contribution >= 0.6 is 12.2 Å². The molecule has 1 radical (unpaired) electrons. The van der Waals surface area contributed by atoms with E-state index in [9.17, 15) is 8.78 Å². The summed E-state index contributed by atoms with van der Waals surface area (Å²) in [6.07, 6.45) is 6.18. The van der Waals surface area contributed by atoms with Crippen molar-refractivity contribution in [2.45, 2.75) is 25.7 Å². The third-order valence-corrected chi connectivity index (χ3v) is 3.13. The van der Waals surface area contributed by atoms with Gasteiger partial charge in [0.15, 0.2) is 0 Å². The van der Waals surface area contributed by atoms with E-state index >= 15 is 0 Å². The van der Waals surface area contributed by atoms with Crippen molar-refractivity contribution in [1.82, 2.24) is 0 Å². The Kier molecular flexibility index (Phi) is 7.17. The summed E-state index contributed by atoms with van der Waals surface area (Å²) >= 11 is 4.40. The predicted octanol–water partition coefficient (Wildman–Crippen LogP) is 4.44. The minimum Gasteiger partial charge on any atom is -0.328 e. The fraction of sp³-hybridized carbons (Fsp3) is 0.333. The number of thiocarbonyl (C=S) groups is 1. The number of aliphatic imine (C=N–C) groups is 1. The maximum atomic E-state index is 13.7. The van der Waals surface area contributed by atoms with Crippen LogP contribution in [0.25, 0.3) is 0 Å². The van der Waals surface area contributed by atoms with Crippen molar-refractivity contribution >= 4 is 23.1 Å². The molecule has 1 saturated carbocycles. The predicted molar refractivity (Wildman–Crippen MR) is 74.2 cm³/mol. The summed E-state index contributed by atoms with van der Waals surface area (Å²) in [6, 6.07) is 2.22. The van der Waals surface area contributed by atoms with Gasteiger partial charge in [-0.05, 0) is 12.2 Å². The van der Waals surface area contributed by atoms with E-state index in [1.807, 2.05) is 0 Å². The van der Waals surface area contributed by atoms with E-state index in [0.717, 1.165) is 37.8 Å². The molecule has 0 heterocycles. The van der Waals surface area contributed by atoms with Gasteiger partial charge in [-0.15, -0.1) is 0 Å². The van der Waals surface area contributed by atoms with Gasteiger partial charge in [-0.25, -0.2) is 8.78 Å². The van der Waals surface area contributed by atoms with Gasteiger partial charge in [-0.2, -0.15) is 17.8 Å². The molecule has 1 aliphatic rings. The summed E-state index contributed by atoms with van der Waals surface area (Å²) in [5.41, 5.74) is -0.0827. The van der Waals surface area contributed by atoms with Gasteiger partial charge in [0.1, 0.15) is 11.6 Å². The third-order valence-electron chi connectivity index (χ3n) is 3.04. The summed E-state index contributed by atoms with van der Waals surface area (Å²) in [4.78, 5) is 3.55. The van der Waals surface area contributed by atoms with E-state index in [1.165, 1.54) is 0 Å². The van der Waals surface area contributed by atoms with Crippen LogP contribution in [0.2, 0.25) is 0 Å². The van der Waals surface area contributed by atoms with Crippen molar-refractivity contribution < 1.29 is 28.3 Å². The van der Waals surface area contributed by atoms with Gasteiger partial charge in [0.2, 0.25) is 0 Å². The van der Waals surface area contributed by atoms with Crippen LogP contribution in [0.3, 0.4) is 0 Å². The van der Waals surface area contributed by atoms with E-state index < -0.39 is 11.6 Å². The fourth-order valence-electron chi connectivity index (χ4n) is 2.04. The number of halogens is 2. The van der Waals surface area contributed by atoms with Gasteiger partial charge in [0.05, 0.1) is 16.4 Å². The van der Waals surface area contributed by atoms with Crippen LogP contribution in [0, 0.1) is 35.8 Å². The topological polar surface area (TPSA) is 12.4 Å². The van der Waals surface area contributed by atoms with Crippen LogP contribution in [0.1, 0.15) is 31.2 Å². The second-order valence-corrected chi connectivity index (χ2v) is 4.58. The van der Waals surface area contributed by atoms with E-state index in [2.05, 4.69) is 40.6 Å². The Balaban J connectivity index is 0.00000200. The van der Waals surface area contributed by atoms with E-state index in [0.29, 0.717) is 0 Å². The van der Waals surface area contributed by atoms with Crippen molar-refractivity contribution in [3.63, 3.8) is 0 Å². The summed E-state index contributed by atoms with van der Waals surface area (Å²) in [5.74, 6) is 4.38. The maximum absolute atomic E-state index is 13.7. The van der Waals surface area contributed by atoms with Crippen molar-refractivity contribution in [3.05, 3.63) is 35.8 Å². The van der Waals surface area contributed by atoms with Crippen LogP contribution in [-0.4, -0.2) is 5.16 Å². The monoisotopic (exact) mass is 378 g/mol. The van der Waals surface area contributed by atoms with Crippen LogP contribution < -0.4 is 0 Å². The van der Waals surface area contributed by atoms with E-state index in [-0.39, 0.29) is 36.6 Å². The first-order valence-corrected chi connectivity index (χ1v) is 6.51. The molecular formula is C15H12F2NRuS. The van der Waals surface area contributed by atoms with Crippen LogP contribution in [0.5, 0.6) is 0 Å². The van der Waals surface area contributed by atoms with Crippen LogP contribution in [0.4, 0.5) is 14.5 Å². The molecule has 0 bridgehead atoms. The average Bonchev–Trinajstić information content (AvgIpc) is 2.39. The molecule has 0 amide bonds. The first kappa shape index (κ1) is 17.1. The fourth-order valence-corrected chi connectivity index (χ4v) is 2.15. The third kappa shape index (κ3) is 4.56. The van der Waals surface area contributed by atoms with Crippen molar-refractivity contribution in [2.75, 3.05) is 0 Å². The molecule has 2 rings (SSSR count). The van der Waals surface area contributed by atoms with Gasteiger partial charge in [-0.3, -0.25) is 0 Å². The van der Waals surface area contributed by atoms with Gasteiger partial charge in [-0.1, -0.05) is 24.7 Å². The Labute approximate surface area is 135 Å². The standard InChI is InChI=1S/C15H12F2NS.Ru/c16-14-8-12(18-10-19)9-15(17)13(14)7-6-11-4-2-1-3-5-11;/h1,8-9,11H,2-5H2;/q-1;+1. The molecule has 0 aromatic heterocycles. The summed E-state index contributed by atoms with van der Waals surface area (Å²) < 4.78 is 27.4. The number of isothiocyanates is 1. The van der Waals surface area contributed by atoms with Crippen LogP contribution in [-0.2, 0) is 19.5 Å². The zero-order valence-corrected chi connectivity index (χ0v) is 13.2. The van der Waals surface area contributed by atoms with Crippen molar-refractivity contribution in [1.29, 1.82) is 0 Å². The summed E-state index contributed by atoms with van der Waals surface area (Å²) in [6.45, 7) is 0. The van der Waals surface area contributed by atoms with Gasteiger partial charge in [0, 0.05) is 18.1 Å². The Hall–Kier alpha value is -0.937. The molecule has 105 valence electrons. The summed E-state index contributed by atoms with van der Waals surface area (Å²) in [7, 11) is 0.